The highest BCUT2D eigenvalue weighted by Crippen LogP contribution is 2.31. The molecule has 0 saturated carbocycles. The molecule has 1 fully saturated rings. The maximum Gasteiger partial charge on any atom is 0.320 e. The van der Waals surface area contributed by atoms with Gasteiger partial charge in [0.1, 0.15) is 11.8 Å². The van der Waals surface area contributed by atoms with Crippen molar-refractivity contribution in [3.05, 3.63) is 28.2 Å². The lowest BCUT2D eigenvalue weighted by atomic mass is 10.1. The first-order chi connectivity index (χ1) is 8.63. The van der Waals surface area contributed by atoms with Crippen LogP contribution in [0.3, 0.4) is 0 Å². The fourth-order valence-corrected chi connectivity index (χ4v) is 2.99. The Balaban J connectivity index is 2.19. The number of ether oxygens (including phenoxy) is 1. The Morgan fingerprint density at radius 2 is 2.39 bits per heavy atom. The molecule has 1 unspecified atom stereocenters. The highest BCUT2D eigenvalue weighted by atomic mass is 79.9. The first kappa shape index (κ1) is 13.4. The van der Waals surface area contributed by atoms with Crippen molar-refractivity contribution in [1.82, 2.24) is 4.90 Å². The lowest BCUT2D eigenvalue weighted by Crippen LogP contribution is -2.35. The van der Waals surface area contributed by atoms with E-state index in [1.807, 2.05) is 23.1 Å². The number of benzene rings is 1. The minimum absolute atomic E-state index is 0.367. The number of nitrogens with zero attached hydrogens (tertiary/aromatic N) is 1. The van der Waals surface area contributed by atoms with Crippen molar-refractivity contribution in [2.45, 2.75) is 25.4 Å². The molecule has 1 aliphatic heterocycles. The number of carbonyl (C=O) groups is 1. The molecule has 1 N–H and O–H groups in total. The predicted molar refractivity (Wildman–Crippen MR) is 71.8 cm³/mol. The molecule has 1 aliphatic rings. The second-order valence-electron chi connectivity index (χ2n) is 4.40. The van der Waals surface area contributed by atoms with Crippen LogP contribution in [-0.2, 0) is 11.3 Å². The molecule has 0 radical (unpaired) electrons. The van der Waals surface area contributed by atoms with E-state index in [4.69, 9.17) is 9.84 Å². The summed E-state index contributed by atoms with van der Waals surface area (Å²) in [6.45, 7) is 1.44. The maximum absolute atomic E-state index is 11.1. The van der Waals surface area contributed by atoms with Crippen molar-refractivity contribution in [3.8, 4) is 5.75 Å². The first-order valence-electron chi connectivity index (χ1n) is 5.91. The monoisotopic (exact) mass is 313 g/mol. The molecule has 1 aromatic rings. The van der Waals surface area contributed by atoms with Crippen molar-refractivity contribution >= 4 is 21.9 Å². The number of halogens is 1. The van der Waals surface area contributed by atoms with E-state index < -0.39 is 5.97 Å². The van der Waals surface area contributed by atoms with Crippen LogP contribution in [0.15, 0.2) is 22.7 Å². The molecular weight excluding hydrogens is 298 g/mol. The van der Waals surface area contributed by atoms with E-state index >= 15 is 0 Å². The Morgan fingerprint density at radius 1 is 1.61 bits per heavy atom. The van der Waals surface area contributed by atoms with Crippen LogP contribution >= 0.6 is 15.9 Å². The van der Waals surface area contributed by atoms with E-state index in [-0.39, 0.29) is 6.04 Å². The van der Waals surface area contributed by atoms with E-state index in [0.717, 1.165) is 35.2 Å². The summed E-state index contributed by atoms with van der Waals surface area (Å²) in [5.74, 6) is 0.0509. The Kier molecular flexibility index (Phi) is 4.24. The van der Waals surface area contributed by atoms with Crippen molar-refractivity contribution in [2.24, 2.45) is 0 Å². The van der Waals surface area contributed by atoms with Gasteiger partial charge in [-0.05, 0) is 41.4 Å². The molecule has 98 valence electrons. The number of hydrogen-bond acceptors (Lipinski definition) is 3. The third-order valence-corrected chi connectivity index (χ3v) is 3.90. The van der Waals surface area contributed by atoms with Crippen LogP contribution in [0, 0.1) is 0 Å². The largest absolute Gasteiger partial charge is 0.495 e. The quantitative estimate of drug-likeness (QED) is 0.928. The molecule has 0 aliphatic carbocycles. The van der Waals surface area contributed by atoms with Gasteiger partial charge in [-0.2, -0.15) is 0 Å². The van der Waals surface area contributed by atoms with Crippen molar-refractivity contribution in [1.29, 1.82) is 0 Å². The second-order valence-corrected chi connectivity index (χ2v) is 5.25. The Bertz CT molecular complexity index is 450. The van der Waals surface area contributed by atoms with Gasteiger partial charge in [-0.1, -0.05) is 12.1 Å². The molecule has 2 rings (SSSR count). The molecule has 5 heteroatoms. The number of rotatable bonds is 4. The summed E-state index contributed by atoms with van der Waals surface area (Å²) in [6, 6.07) is 5.46. The van der Waals surface area contributed by atoms with Gasteiger partial charge in [-0.25, -0.2) is 0 Å². The van der Waals surface area contributed by atoms with Gasteiger partial charge in [0.25, 0.3) is 0 Å². The molecule has 0 amide bonds. The molecule has 0 spiro atoms. The molecule has 1 saturated heterocycles. The fraction of sp³-hybridized carbons (Fsp3) is 0.462. The lowest BCUT2D eigenvalue weighted by Gasteiger charge is -2.22. The molecule has 1 heterocycles. The third-order valence-electron chi connectivity index (χ3n) is 3.27. The first-order valence-corrected chi connectivity index (χ1v) is 6.71. The molecular formula is C13H16BrNO3. The van der Waals surface area contributed by atoms with Gasteiger partial charge in [-0.15, -0.1) is 0 Å². The second kappa shape index (κ2) is 5.71. The Hall–Kier alpha value is -1.07. The SMILES string of the molecule is COc1c(Br)cccc1CN1CCCC1C(=O)O. The minimum atomic E-state index is -0.735. The zero-order valence-electron chi connectivity index (χ0n) is 10.2. The minimum Gasteiger partial charge on any atom is -0.495 e. The average molecular weight is 314 g/mol. The van der Waals surface area contributed by atoms with Gasteiger partial charge in [0, 0.05) is 12.1 Å². The maximum atomic E-state index is 11.1. The smallest absolute Gasteiger partial charge is 0.320 e. The van der Waals surface area contributed by atoms with E-state index in [2.05, 4.69) is 15.9 Å². The van der Waals surface area contributed by atoms with Gasteiger partial charge in [-0.3, -0.25) is 9.69 Å². The van der Waals surface area contributed by atoms with E-state index in [9.17, 15) is 4.79 Å². The van der Waals surface area contributed by atoms with Crippen molar-refractivity contribution in [3.63, 3.8) is 0 Å². The van der Waals surface area contributed by atoms with Gasteiger partial charge in [0.05, 0.1) is 11.6 Å². The number of hydrogen-bond donors (Lipinski definition) is 1. The predicted octanol–water partition coefficient (Wildman–Crippen LogP) is 2.51. The average Bonchev–Trinajstić information content (AvgIpc) is 2.77. The summed E-state index contributed by atoms with van der Waals surface area (Å²) in [5, 5.41) is 9.16. The van der Waals surface area contributed by atoms with Crippen LogP contribution in [0.2, 0.25) is 0 Å². The summed E-state index contributed by atoms with van der Waals surface area (Å²) in [5.41, 5.74) is 1.01. The third kappa shape index (κ3) is 2.67. The summed E-state index contributed by atoms with van der Waals surface area (Å²) in [4.78, 5) is 13.1. The summed E-state index contributed by atoms with van der Waals surface area (Å²) in [7, 11) is 1.63. The summed E-state index contributed by atoms with van der Waals surface area (Å²) in [6.07, 6.45) is 1.67. The number of carboxylic acid groups (broad SMARTS) is 1. The van der Waals surface area contributed by atoms with Gasteiger partial charge in [0.2, 0.25) is 0 Å². The van der Waals surface area contributed by atoms with E-state index in [1.165, 1.54) is 0 Å². The highest BCUT2D eigenvalue weighted by Gasteiger charge is 2.30. The molecule has 1 atom stereocenters. The van der Waals surface area contributed by atoms with Gasteiger partial charge >= 0.3 is 5.97 Å². The highest BCUT2D eigenvalue weighted by molar-refractivity contribution is 9.10. The van der Waals surface area contributed by atoms with Crippen molar-refractivity contribution in [2.75, 3.05) is 13.7 Å². The fourth-order valence-electron chi connectivity index (χ4n) is 2.42. The molecule has 0 bridgehead atoms. The molecule has 0 aromatic heterocycles. The number of likely N-dealkylation sites (tertiary alicyclic amines) is 1. The topological polar surface area (TPSA) is 49.8 Å². The Morgan fingerprint density at radius 3 is 3.06 bits per heavy atom. The van der Waals surface area contributed by atoms with Crippen LogP contribution in [0.4, 0.5) is 0 Å². The number of carboxylic acids is 1. The molecule has 18 heavy (non-hydrogen) atoms. The van der Waals surface area contributed by atoms with Gasteiger partial charge < -0.3 is 9.84 Å². The summed E-state index contributed by atoms with van der Waals surface area (Å²) < 4.78 is 6.26. The van der Waals surface area contributed by atoms with Crippen molar-refractivity contribution < 1.29 is 14.6 Å². The lowest BCUT2D eigenvalue weighted by molar-refractivity contribution is -0.142. The van der Waals surface area contributed by atoms with Crippen LogP contribution in [0.1, 0.15) is 18.4 Å². The standard InChI is InChI=1S/C13H16BrNO3/c1-18-12-9(4-2-5-10(12)14)8-15-7-3-6-11(15)13(16)17/h2,4-5,11H,3,6-8H2,1H3,(H,16,17). The normalized spacial score (nSPS) is 20.0. The van der Waals surface area contributed by atoms with Crippen LogP contribution in [0.5, 0.6) is 5.75 Å². The van der Waals surface area contributed by atoms with Crippen LogP contribution < -0.4 is 4.74 Å². The zero-order valence-corrected chi connectivity index (χ0v) is 11.8. The number of aliphatic carboxylic acids is 1. The number of para-hydroxylation sites is 1. The zero-order chi connectivity index (χ0) is 13.1. The van der Waals surface area contributed by atoms with E-state index in [1.54, 1.807) is 7.11 Å². The Labute approximate surface area is 115 Å². The van der Waals surface area contributed by atoms with Crippen LogP contribution in [0.25, 0.3) is 0 Å². The van der Waals surface area contributed by atoms with Gasteiger partial charge in [0.15, 0.2) is 0 Å². The summed E-state index contributed by atoms with van der Waals surface area (Å²) >= 11 is 3.44. The van der Waals surface area contributed by atoms with E-state index in [0.29, 0.717) is 6.54 Å². The molecule has 4 nitrogen and oxygen atoms in total. The number of methoxy groups -OCH3 is 1. The molecule has 1 aromatic carbocycles. The van der Waals surface area contributed by atoms with Crippen LogP contribution in [-0.4, -0.2) is 35.7 Å².